The molecule has 1 N–H and O–H groups in total. The maximum atomic E-state index is 14.1. The number of amides is 1. The van der Waals surface area contributed by atoms with E-state index < -0.39 is 0 Å². The first kappa shape index (κ1) is 24.4. The monoisotopic (exact) mass is 501 g/mol. The van der Waals surface area contributed by atoms with Gasteiger partial charge in [0, 0.05) is 17.5 Å². The zero-order chi connectivity index (χ0) is 25.1. The Morgan fingerprint density at radius 3 is 2.69 bits per heavy atom. The van der Waals surface area contributed by atoms with E-state index in [1.807, 2.05) is 18.2 Å². The lowest BCUT2D eigenvalue weighted by Crippen LogP contribution is -2.43. The molecule has 7 heteroatoms. The van der Waals surface area contributed by atoms with E-state index in [0.29, 0.717) is 23.1 Å². The van der Waals surface area contributed by atoms with Crippen molar-refractivity contribution in [1.29, 1.82) is 0 Å². The number of para-hydroxylation sites is 2. The number of nitrogens with zero attached hydrogens (tertiary/aromatic N) is 2. The quantitative estimate of drug-likeness (QED) is 0.259. The fourth-order valence-electron chi connectivity index (χ4n) is 5.69. The minimum atomic E-state index is -0.189. The fraction of sp³-hybridized carbons (Fsp3) is 0.345. The molecule has 0 aliphatic heterocycles. The van der Waals surface area contributed by atoms with Crippen LogP contribution in [-0.4, -0.2) is 28.3 Å². The molecule has 3 aromatic rings. The van der Waals surface area contributed by atoms with Crippen molar-refractivity contribution in [3.8, 4) is 17.0 Å². The third kappa shape index (κ3) is 4.48. The smallest absolute Gasteiger partial charge is 0.258 e. The van der Waals surface area contributed by atoms with E-state index in [-0.39, 0.29) is 22.6 Å². The first-order chi connectivity index (χ1) is 17.6. The van der Waals surface area contributed by atoms with Gasteiger partial charge < -0.3 is 10.1 Å². The number of hydrogen-bond acceptors (Lipinski definition) is 5. The van der Waals surface area contributed by atoms with Gasteiger partial charge in [-0.15, -0.1) is 6.58 Å². The molecule has 36 heavy (non-hydrogen) atoms. The SMILES string of the molecule is C=CCn1c(SCC(=O)Nc2ccccc2OC)nc2c(c1=O)C1(CCCCC1)Cc1ccccc1-2. The van der Waals surface area contributed by atoms with Crippen molar-refractivity contribution in [3.05, 3.63) is 82.7 Å². The van der Waals surface area contributed by atoms with Gasteiger partial charge in [-0.1, -0.05) is 73.5 Å². The lowest BCUT2D eigenvalue weighted by atomic mass is 9.62. The average Bonchev–Trinajstić information content (AvgIpc) is 2.90. The number of ether oxygens (including phenoxy) is 1. The van der Waals surface area contributed by atoms with Gasteiger partial charge in [-0.05, 0) is 37.0 Å². The standard InChI is InChI=1S/C29H31N3O3S/c1-3-17-32-27(34)25-26(21-12-6-5-11-20(21)18-29(25)15-9-4-10-16-29)31-28(32)36-19-24(33)30-22-13-7-8-14-23(22)35-2/h3,5-8,11-14H,1,4,9-10,15-19H2,2H3,(H,30,33). The Bertz CT molecular complexity index is 1360. The second kappa shape index (κ2) is 10.3. The highest BCUT2D eigenvalue weighted by Crippen LogP contribution is 2.48. The van der Waals surface area contributed by atoms with Crippen molar-refractivity contribution in [1.82, 2.24) is 9.55 Å². The minimum absolute atomic E-state index is 0.00365. The highest BCUT2D eigenvalue weighted by atomic mass is 32.2. The van der Waals surface area contributed by atoms with E-state index in [9.17, 15) is 9.59 Å². The van der Waals surface area contributed by atoms with Crippen molar-refractivity contribution in [2.75, 3.05) is 18.2 Å². The summed E-state index contributed by atoms with van der Waals surface area (Å²) in [5.41, 5.74) is 4.38. The molecule has 0 saturated heterocycles. The van der Waals surface area contributed by atoms with Crippen molar-refractivity contribution in [3.63, 3.8) is 0 Å². The van der Waals surface area contributed by atoms with E-state index in [1.165, 1.54) is 23.7 Å². The van der Waals surface area contributed by atoms with Crippen LogP contribution in [0, 0.1) is 0 Å². The summed E-state index contributed by atoms with van der Waals surface area (Å²) in [4.78, 5) is 32.0. The number of methoxy groups -OCH3 is 1. The van der Waals surface area contributed by atoms with E-state index in [1.54, 1.807) is 29.9 Å². The molecule has 2 aliphatic carbocycles. The molecule has 1 fully saturated rings. The van der Waals surface area contributed by atoms with Crippen molar-refractivity contribution < 1.29 is 9.53 Å². The number of aromatic nitrogens is 2. The zero-order valence-electron chi connectivity index (χ0n) is 20.6. The second-order valence-electron chi connectivity index (χ2n) is 9.53. The summed E-state index contributed by atoms with van der Waals surface area (Å²) in [5.74, 6) is 0.527. The molecule has 1 spiro atoms. The van der Waals surface area contributed by atoms with Gasteiger partial charge in [0.25, 0.3) is 5.56 Å². The van der Waals surface area contributed by atoms with E-state index in [2.05, 4.69) is 30.1 Å². The molecule has 1 amide bonds. The number of fused-ring (bicyclic) bond motifs is 4. The normalized spacial score (nSPS) is 15.6. The molecule has 186 valence electrons. The van der Waals surface area contributed by atoms with Crippen LogP contribution in [0.25, 0.3) is 11.3 Å². The molecule has 1 heterocycles. The molecule has 0 unspecified atom stereocenters. The van der Waals surface area contributed by atoms with Crippen molar-refractivity contribution in [2.24, 2.45) is 0 Å². The minimum Gasteiger partial charge on any atom is -0.495 e. The molecule has 5 rings (SSSR count). The number of carbonyl (C=O) groups excluding carboxylic acids is 1. The van der Waals surface area contributed by atoms with Gasteiger partial charge in [0.15, 0.2) is 5.16 Å². The molecule has 0 radical (unpaired) electrons. The number of allylic oxidation sites excluding steroid dienone is 1. The Hall–Kier alpha value is -3.32. The Kier molecular flexibility index (Phi) is 7.01. The molecule has 1 aromatic heterocycles. The molecule has 2 aliphatic rings. The maximum absolute atomic E-state index is 14.1. The van der Waals surface area contributed by atoms with Crippen LogP contribution in [0.15, 0.2) is 71.1 Å². The molecule has 0 bridgehead atoms. The predicted octanol–water partition coefficient (Wildman–Crippen LogP) is 5.59. The first-order valence-corrected chi connectivity index (χ1v) is 13.4. The summed E-state index contributed by atoms with van der Waals surface area (Å²) >= 11 is 1.28. The number of carbonyl (C=O) groups is 1. The molecule has 6 nitrogen and oxygen atoms in total. The van der Waals surface area contributed by atoms with Gasteiger partial charge >= 0.3 is 0 Å². The number of benzene rings is 2. The van der Waals surface area contributed by atoms with Crippen molar-refractivity contribution >= 4 is 23.4 Å². The van der Waals surface area contributed by atoms with Crippen LogP contribution in [0.4, 0.5) is 5.69 Å². The Morgan fingerprint density at radius 1 is 1.17 bits per heavy atom. The second-order valence-corrected chi connectivity index (χ2v) is 10.5. The van der Waals surface area contributed by atoms with Crippen LogP contribution in [0.1, 0.15) is 43.2 Å². The Morgan fingerprint density at radius 2 is 1.92 bits per heavy atom. The number of rotatable bonds is 7. The third-order valence-electron chi connectivity index (χ3n) is 7.30. The van der Waals surface area contributed by atoms with E-state index in [4.69, 9.17) is 9.72 Å². The molecular weight excluding hydrogens is 470 g/mol. The summed E-state index contributed by atoms with van der Waals surface area (Å²) in [7, 11) is 1.57. The van der Waals surface area contributed by atoms with Crippen LogP contribution in [-0.2, 0) is 23.2 Å². The average molecular weight is 502 g/mol. The fourth-order valence-corrected chi connectivity index (χ4v) is 6.49. The van der Waals surface area contributed by atoms with Gasteiger partial charge in [0.2, 0.25) is 5.91 Å². The molecule has 0 atom stereocenters. The van der Waals surface area contributed by atoms with Crippen LogP contribution >= 0.6 is 11.8 Å². The first-order valence-electron chi connectivity index (χ1n) is 12.5. The number of thioether (sulfide) groups is 1. The van der Waals surface area contributed by atoms with Gasteiger partial charge in [-0.25, -0.2) is 4.98 Å². The maximum Gasteiger partial charge on any atom is 0.258 e. The molecule has 1 saturated carbocycles. The van der Waals surface area contributed by atoms with Gasteiger partial charge in [0.1, 0.15) is 5.75 Å². The lowest BCUT2D eigenvalue weighted by molar-refractivity contribution is -0.113. The Balaban J connectivity index is 1.52. The topological polar surface area (TPSA) is 73.2 Å². The third-order valence-corrected chi connectivity index (χ3v) is 8.28. The zero-order valence-corrected chi connectivity index (χ0v) is 21.4. The summed E-state index contributed by atoms with van der Waals surface area (Å²) in [6.45, 7) is 4.22. The highest BCUT2D eigenvalue weighted by molar-refractivity contribution is 7.99. The van der Waals surface area contributed by atoms with Gasteiger partial charge in [0.05, 0.1) is 29.8 Å². The Labute approximate surface area is 215 Å². The van der Waals surface area contributed by atoms with Gasteiger partial charge in [-0.2, -0.15) is 0 Å². The van der Waals surface area contributed by atoms with Gasteiger partial charge in [-0.3, -0.25) is 14.2 Å². The highest BCUT2D eigenvalue weighted by Gasteiger charge is 2.43. The summed E-state index contributed by atoms with van der Waals surface area (Å²) in [5, 5.41) is 3.44. The van der Waals surface area contributed by atoms with E-state index in [0.717, 1.165) is 48.9 Å². The van der Waals surface area contributed by atoms with Crippen LogP contribution in [0.5, 0.6) is 5.75 Å². The summed E-state index contributed by atoms with van der Waals surface area (Å²) in [6, 6.07) is 15.6. The largest absolute Gasteiger partial charge is 0.495 e. The molecule has 2 aromatic carbocycles. The summed E-state index contributed by atoms with van der Waals surface area (Å²) in [6.07, 6.45) is 8.08. The lowest BCUT2D eigenvalue weighted by Gasteiger charge is -2.42. The van der Waals surface area contributed by atoms with Crippen LogP contribution in [0.2, 0.25) is 0 Å². The number of hydrogen-bond donors (Lipinski definition) is 1. The number of anilines is 1. The number of nitrogens with one attached hydrogen (secondary N) is 1. The van der Waals surface area contributed by atoms with E-state index >= 15 is 0 Å². The molecular formula is C29H31N3O3S. The summed E-state index contributed by atoms with van der Waals surface area (Å²) < 4.78 is 7.03. The van der Waals surface area contributed by atoms with Crippen molar-refractivity contribution in [2.45, 2.75) is 55.6 Å². The van der Waals surface area contributed by atoms with Crippen LogP contribution < -0.4 is 15.6 Å². The predicted molar refractivity (Wildman–Crippen MR) is 145 cm³/mol. The van der Waals surface area contributed by atoms with Crippen LogP contribution in [0.3, 0.4) is 0 Å².